The molecule has 0 saturated carbocycles. The molecule has 0 bridgehead atoms. The van der Waals surface area contributed by atoms with E-state index in [9.17, 15) is 14.5 Å². The zero-order valence-corrected chi connectivity index (χ0v) is 19.2. The number of H-pyrrole nitrogens is 1. The molecule has 0 aliphatic carbocycles. The van der Waals surface area contributed by atoms with Gasteiger partial charge < -0.3 is 14.8 Å². The van der Waals surface area contributed by atoms with E-state index in [2.05, 4.69) is 31.1 Å². The van der Waals surface area contributed by atoms with E-state index in [1.807, 2.05) is 23.4 Å². The highest BCUT2D eigenvalue weighted by atomic mass is 31.1. The molecule has 0 amide bonds. The van der Waals surface area contributed by atoms with Gasteiger partial charge in [-0.2, -0.15) is 10.4 Å². The topological polar surface area (TPSA) is 120 Å². The van der Waals surface area contributed by atoms with Crippen molar-refractivity contribution in [1.82, 2.24) is 29.7 Å². The largest absolute Gasteiger partial charge is 0.369 e. The molecule has 6 heterocycles. The minimum absolute atomic E-state index is 0.00709. The summed E-state index contributed by atoms with van der Waals surface area (Å²) in [5.41, 5.74) is 3.75. The minimum Gasteiger partial charge on any atom is -0.369 e. The average Bonchev–Trinajstić information content (AvgIpc) is 3.66. The maximum Gasteiger partial charge on any atom is 0.147 e. The first-order valence-electron chi connectivity index (χ1n) is 11.2. The van der Waals surface area contributed by atoms with Crippen molar-refractivity contribution in [2.24, 2.45) is 5.92 Å². The number of nitrogens with zero attached hydrogens (tertiary/aromatic N) is 7. The highest BCUT2D eigenvalue weighted by Gasteiger charge is 2.35. The highest BCUT2D eigenvalue weighted by molar-refractivity contribution is 7.60. The van der Waals surface area contributed by atoms with Crippen LogP contribution in [0.4, 0.5) is 10.2 Å². The lowest BCUT2D eigenvalue weighted by atomic mass is 10.00. The van der Waals surface area contributed by atoms with Crippen LogP contribution in [0, 0.1) is 17.2 Å². The summed E-state index contributed by atoms with van der Waals surface area (Å²) in [5.74, 6) is 0.606. The summed E-state index contributed by atoms with van der Waals surface area (Å²) in [5, 5.41) is 16.0. The predicted molar refractivity (Wildman–Crippen MR) is 127 cm³/mol. The van der Waals surface area contributed by atoms with Crippen molar-refractivity contribution in [3.8, 4) is 17.3 Å². The second-order valence-corrected chi connectivity index (χ2v) is 10.4. The van der Waals surface area contributed by atoms with E-state index in [-0.39, 0.29) is 5.92 Å². The molecular weight excluding hydrogens is 454 g/mol. The fraction of sp³-hybridized carbons (Fsp3) is 0.348. The summed E-state index contributed by atoms with van der Waals surface area (Å²) in [4.78, 5) is 28.8. The number of aromatic amines is 1. The summed E-state index contributed by atoms with van der Waals surface area (Å²) < 4.78 is 16.0. The van der Waals surface area contributed by atoms with Gasteiger partial charge in [-0.1, -0.05) is 0 Å². The molecule has 2 unspecified atom stereocenters. The Morgan fingerprint density at radius 1 is 1.32 bits per heavy atom. The SMILES string of the molecule is N#Cc1c(N2CC[C@H](C(CF)n3cc(-c4ncnc5[nH]ccc45)cn3)C2)ncc2c1P(O)CC2. The van der Waals surface area contributed by atoms with Crippen LogP contribution in [0.15, 0.2) is 37.2 Å². The zero-order valence-electron chi connectivity index (χ0n) is 18.3. The van der Waals surface area contributed by atoms with Crippen LogP contribution in [0.2, 0.25) is 0 Å². The molecule has 0 spiro atoms. The summed E-state index contributed by atoms with van der Waals surface area (Å²) >= 11 is 0. The van der Waals surface area contributed by atoms with Gasteiger partial charge in [0.1, 0.15) is 36.1 Å². The number of aromatic nitrogens is 6. The minimum atomic E-state index is -1.31. The first kappa shape index (κ1) is 21.1. The number of nitrogens with one attached hydrogen (secondary N) is 1. The van der Waals surface area contributed by atoms with E-state index < -0.39 is 20.9 Å². The lowest BCUT2D eigenvalue weighted by Crippen LogP contribution is -2.28. The maximum absolute atomic E-state index is 14.3. The number of hydrogen-bond acceptors (Lipinski definition) is 7. The number of aryl methyl sites for hydroxylation is 1. The highest BCUT2D eigenvalue weighted by Crippen LogP contribution is 2.41. The molecular formula is C23H22FN8OP. The van der Waals surface area contributed by atoms with Gasteiger partial charge in [-0.05, 0) is 30.6 Å². The molecule has 0 aromatic carbocycles. The number of rotatable bonds is 5. The van der Waals surface area contributed by atoms with Gasteiger partial charge in [-0.3, -0.25) is 4.68 Å². The van der Waals surface area contributed by atoms with E-state index in [0.29, 0.717) is 30.6 Å². The molecule has 9 nitrogen and oxygen atoms in total. The third-order valence-corrected chi connectivity index (χ3v) is 8.54. The molecule has 172 valence electrons. The third kappa shape index (κ3) is 3.35. The molecule has 1 saturated heterocycles. The van der Waals surface area contributed by atoms with E-state index >= 15 is 0 Å². The fourth-order valence-corrected chi connectivity index (χ4v) is 6.73. The van der Waals surface area contributed by atoms with Crippen LogP contribution in [0.1, 0.15) is 23.6 Å². The second kappa shape index (κ2) is 8.42. The van der Waals surface area contributed by atoms with Crippen molar-refractivity contribution in [2.45, 2.75) is 18.9 Å². The lowest BCUT2D eigenvalue weighted by Gasteiger charge is -2.23. The summed E-state index contributed by atoms with van der Waals surface area (Å²) in [7, 11) is -1.31. The standard InChI is InChI=1S/C23H22FN8OP/c24-7-19(32-12-16(10-30-32)20-17-1-4-26-22(17)29-13-28-20)15-2-5-31(11-15)23-18(8-25)21-14(9-27-23)3-6-34(21)33/h1,4,9-10,12-13,15,19,33H,2-3,5-7,11H2,(H,26,28,29)/t15-,19?,34?/m0/s1. The Morgan fingerprint density at radius 3 is 3.09 bits per heavy atom. The second-order valence-electron chi connectivity index (χ2n) is 8.70. The van der Waals surface area contributed by atoms with E-state index in [1.165, 1.54) is 6.33 Å². The van der Waals surface area contributed by atoms with Crippen LogP contribution in [0.25, 0.3) is 22.3 Å². The van der Waals surface area contributed by atoms with Crippen molar-refractivity contribution in [3.63, 3.8) is 0 Å². The molecule has 2 aliphatic heterocycles. The van der Waals surface area contributed by atoms with Gasteiger partial charge in [0, 0.05) is 53.9 Å². The monoisotopic (exact) mass is 476 g/mol. The molecule has 6 rings (SSSR count). The molecule has 4 aromatic rings. The van der Waals surface area contributed by atoms with Gasteiger partial charge in [-0.25, -0.2) is 19.3 Å². The van der Waals surface area contributed by atoms with Crippen LogP contribution in [0.3, 0.4) is 0 Å². The number of anilines is 1. The number of nitriles is 1. The molecule has 2 N–H and O–H groups in total. The van der Waals surface area contributed by atoms with Crippen molar-refractivity contribution in [3.05, 3.63) is 48.3 Å². The molecule has 2 aliphatic rings. The van der Waals surface area contributed by atoms with Crippen molar-refractivity contribution < 1.29 is 9.28 Å². The van der Waals surface area contributed by atoms with Crippen LogP contribution in [0.5, 0.6) is 0 Å². The molecule has 34 heavy (non-hydrogen) atoms. The van der Waals surface area contributed by atoms with Crippen LogP contribution >= 0.6 is 8.15 Å². The molecule has 4 aromatic heterocycles. The zero-order chi connectivity index (χ0) is 23.2. The average molecular weight is 476 g/mol. The summed E-state index contributed by atoms with van der Waals surface area (Å²) in [6.07, 6.45) is 10.9. The fourth-order valence-electron chi connectivity index (χ4n) is 5.14. The lowest BCUT2D eigenvalue weighted by molar-refractivity contribution is 0.257. The molecule has 3 atom stereocenters. The molecule has 0 radical (unpaired) electrons. The summed E-state index contributed by atoms with van der Waals surface area (Å²) in [6.45, 7) is 0.700. The Morgan fingerprint density at radius 2 is 2.24 bits per heavy atom. The number of fused-ring (bicyclic) bond motifs is 2. The number of pyridine rings is 1. The van der Waals surface area contributed by atoms with E-state index in [4.69, 9.17) is 0 Å². The molecule has 1 fully saturated rings. The number of hydrogen-bond donors (Lipinski definition) is 2. The number of alkyl halides is 1. The maximum atomic E-state index is 14.3. The quantitative estimate of drug-likeness (QED) is 0.425. The predicted octanol–water partition coefficient (Wildman–Crippen LogP) is 2.70. The van der Waals surface area contributed by atoms with Gasteiger partial charge in [-0.15, -0.1) is 0 Å². The first-order chi connectivity index (χ1) is 16.7. The van der Waals surface area contributed by atoms with E-state index in [1.54, 1.807) is 17.1 Å². The van der Waals surface area contributed by atoms with Crippen molar-refractivity contribution in [1.29, 1.82) is 5.26 Å². The first-order valence-corrected chi connectivity index (χ1v) is 12.7. The summed E-state index contributed by atoms with van der Waals surface area (Å²) in [6, 6.07) is 3.75. The van der Waals surface area contributed by atoms with E-state index in [0.717, 1.165) is 46.0 Å². The van der Waals surface area contributed by atoms with Gasteiger partial charge in [0.25, 0.3) is 0 Å². The van der Waals surface area contributed by atoms with Crippen molar-refractivity contribution in [2.75, 3.05) is 30.8 Å². The van der Waals surface area contributed by atoms with Crippen molar-refractivity contribution >= 4 is 30.3 Å². The van der Waals surface area contributed by atoms with Gasteiger partial charge in [0.05, 0.1) is 26.1 Å². The van der Waals surface area contributed by atoms with Crippen LogP contribution in [-0.4, -0.2) is 60.5 Å². The van der Waals surface area contributed by atoms with Gasteiger partial charge >= 0.3 is 0 Å². The Labute approximate surface area is 196 Å². The smallest absolute Gasteiger partial charge is 0.147 e. The Balaban J connectivity index is 1.26. The van der Waals surface area contributed by atoms with Gasteiger partial charge in [0.15, 0.2) is 0 Å². The molecule has 11 heteroatoms. The van der Waals surface area contributed by atoms with Crippen LogP contribution < -0.4 is 10.2 Å². The Bertz CT molecular complexity index is 1410. The third-order valence-electron chi connectivity index (χ3n) is 6.87. The Kier molecular flexibility index (Phi) is 5.24. The number of halogens is 1. The van der Waals surface area contributed by atoms with Gasteiger partial charge in [0.2, 0.25) is 0 Å². The Hall–Kier alpha value is -3.41. The normalized spacial score (nSPS) is 20.6. The van der Waals surface area contributed by atoms with Crippen LogP contribution in [-0.2, 0) is 6.42 Å².